The van der Waals surface area contributed by atoms with Crippen molar-refractivity contribution in [2.45, 2.75) is 32.6 Å². The lowest BCUT2D eigenvalue weighted by atomic mass is 10.2. The van der Waals surface area contributed by atoms with Crippen molar-refractivity contribution in [2.24, 2.45) is 0 Å². The summed E-state index contributed by atoms with van der Waals surface area (Å²) in [4.78, 5) is 10.3. The van der Waals surface area contributed by atoms with Gasteiger partial charge in [0.05, 0.1) is 6.61 Å². The molecule has 0 atom stereocenters. The number of unbranched alkanes of at least 4 members (excludes halogenated alkanes) is 2. The van der Waals surface area contributed by atoms with Crippen molar-refractivity contribution in [3.63, 3.8) is 0 Å². The Morgan fingerprint density at radius 3 is 2.81 bits per heavy atom. The third kappa shape index (κ3) is 5.39. The third-order valence-electron chi connectivity index (χ3n) is 2.29. The predicted octanol–water partition coefficient (Wildman–Crippen LogP) is 3.02. The van der Waals surface area contributed by atoms with E-state index in [9.17, 15) is 4.79 Å². The molecule has 88 valence electrons. The number of carboxylic acid groups (broad SMARTS) is 1. The van der Waals surface area contributed by atoms with E-state index in [4.69, 9.17) is 9.84 Å². The van der Waals surface area contributed by atoms with Crippen LogP contribution in [0.15, 0.2) is 24.3 Å². The van der Waals surface area contributed by atoms with Gasteiger partial charge in [0.2, 0.25) is 0 Å². The summed E-state index contributed by atoms with van der Waals surface area (Å²) in [5.74, 6) is 0.165. The number of carbonyl (C=O) groups is 1. The summed E-state index contributed by atoms with van der Waals surface area (Å²) in [6.07, 6.45) is 2.79. The van der Waals surface area contributed by atoms with E-state index < -0.39 is 5.97 Å². The molecule has 3 nitrogen and oxygen atoms in total. The zero-order valence-electron chi connectivity index (χ0n) is 9.61. The number of hydrogen-bond donors (Lipinski definition) is 1. The van der Waals surface area contributed by atoms with E-state index in [0.29, 0.717) is 6.61 Å². The maximum Gasteiger partial charge on any atom is 0.303 e. The minimum absolute atomic E-state index is 0.254. The van der Waals surface area contributed by atoms with E-state index in [2.05, 4.69) is 0 Å². The van der Waals surface area contributed by atoms with E-state index in [1.807, 2.05) is 31.2 Å². The minimum atomic E-state index is -0.723. The van der Waals surface area contributed by atoms with Crippen molar-refractivity contribution in [2.75, 3.05) is 6.61 Å². The van der Waals surface area contributed by atoms with Crippen LogP contribution in [0, 0.1) is 6.92 Å². The summed E-state index contributed by atoms with van der Waals surface area (Å²) in [6, 6.07) is 7.93. The van der Waals surface area contributed by atoms with Gasteiger partial charge in [-0.3, -0.25) is 4.79 Å². The lowest BCUT2D eigenvalue weighted by molar-refractivity contribution is -0.137. The molecule has 1 aromatic rings. The SMILES string of the molecule is Cc1cccc(OCCCCCC(=O)O)c1. The number of aliphatic carboxylic acids is 1. The van der Waals surface area contributed by atoms with Gasteiger partial charge >= 0.3 is 5.97 Å². The Bertz CT molecular complexity index is 334. The maximum atomic E-state index is 10.3. The second-order valence-electron chi connectivity index (χ2n) is 3.87. The van der Waals surface area contributed by atoms with Crippen LogP contribution in [0.25, 0.3) is 0 Å². The van der Waals surface area contributed by atoms with Gasteiger partial charge in [0, 0.05) is 6.42 Å². The molecule has 0 amide bonds. The molecule has 16 heavy (non-hydrogen) atoms. The first kappa shape index (κ1) is 12.6. The van der Waals surface area contributed by atoms with Crippen molar-refractivity contribution in [1.82, 2.24) is 0 Å². The largest absolute Gasteiger partial charge is 0.494 e. The fourth-order valence-electron chi connectivity index (χ4n) is 1.45. The van der Waals surface area contributed by atoms with Crippen molar-refractivity contribution < 1.29 is 14.6 Å². The number of benzene rings is 1. The highest BCUT2D eigenvalue weighted by molar-refractivity contribution is 5.66. The van der Waals surface area contributed by atoms with Crippen molar-refractivity contribution in [3.8, 4) is 5.75 Å². The molecule has 0 unspecified atom stereocenters. The summed E-state index contributed by atoms with van der Waals surface area (Å²) in [5, 5.41) is 8.45. The van der Waals surface area contributed by atoms with Gasteiger partial charge in [-0.15, -0.1) is 0 Å². The Kier molecular flexibility index (Phi) is 5.40. The molecule has 0 radical (unpaired) electrons. The first-order valence-electron chi connectivity index (χ1n) is 5.60. The van der Waals surface area contributed by atoms with Crippen LogP contribution < -0.4 is 4.74 Å². The first-order chi connectivity index (χ1) is 7.68. The lowest BCUT2D eigenvalue weighted by Crippen LogP contribution is -1.99. The Labute approximate surface area is 96.1 Å². The molecule has 0 aromatic heterocycles. The maximum absolute atomic E-state index is 10.3. The summed E-state index contributed by atoms with van der Waals surface area (Å²) in [5.41, 5.74) is 1.18. The molecule has 1 rings (SSSR count). The molecule has 0 aliphatic heterocycles. The molecule has 0 saturated carbocycles. The molecule has 1 N–H and O–H groups in total. The summed E-state index contributed by atoms with van der Waals surface area (Å²) in [7, 11) is 0. The molecular formula is C13H18O3. The van der Waals surface area contributed by atoms with Crippen LogP contribution in [-0.4, -0.2) is 17.7 Å². The van der Waals surface area contributed by atoms with Gasteiger partial charge in [0.15, 0.2) is 0 Å². The van der Waals surface area contributed by atoms with Crippen LogP contribution in [0.3, 0.4) is 0 Å². The van der Waals surface area contributed by atoms with Crippen LogP contribution in [0.2, 0.25) is 0 Å². The number of carboxylic acids is 1. The van der Waals surface area contributed by atoms with Crippen LogP contribution in [-0.2, 0) is 4.79 Å². The standard InChI is InChI=1S/C13H18O3/c1-11-6-5-7-12(10-11)16-9-4-2-3-8-13(14)15/h5-7,10H,2-4,8-9H2,1H3,(H,14,15). The van der Waals surface area contributed by atoms with E-state index >= 15 is 0 Å². The lowest BCUT2D eigenvalue weighted by Gasteiger charge is -2.06. The van der Waals surface area contributed by atoms with Gasteiger partial charge in [-0.2, -0.15) is 0 Å². The monoisotopic (exact) mass is 222 g/mol. The van der Waals surface area contributed by atoms with Gasteiger partial charge < -0.3 is 9.84 Å². The highest BCUT2D eigenvalue weighted by atomic mass is 16.5. The average Bonchev–Trinajstić information content (AvgIpc) is 2.23. The number of rotatable bonds is 7. The highest BCUT2D eigenvalue weighted by Gasteiger charge is 1.97. The smallest absolute Gasteiger partial charge is 0.303 e. The quantitative estimate of drug-likeness (QED) is 0.721. The van der Waals surface area contributed by atoms with Crippen LogP contribution in [0.5, 0.6) is 5.75 Å². The Balaban J connectivity index is 2.09. The average molecular weight is 222 g/mol. The molecular weight excluding hydrogens is 204 g/mol. The van der Waals surface area contributed by atoms with E-state index in [1.165, 1.54) is 5.56 Å². The van der Waals surface area contributed by atoms with Crippen LogP contribution >= 0.6 is 0 Å². The van der Waals surface area contributed by atoms with Gasteiger partial charge in [0.1, 0.15) is 5.75 Å². The molecule has 0 aliphatic rings. The molecule has 3 heteroatoms. The van der Waals surface area contributed by atoms with Gasteiger partial charge in [-0.1, -0.05) is 12.1 Å². The van der Waals surface area contributed by atoms with Crippen molar-refractivity contribution in [1.29, 1.82) is 0 Å². The molecule has 0 bridgehead atoms. The summed E-state index contributed by atoms with van der Waals surface area (Å²) in [6.45, 7) is 2.68. The predicted molar refractivity (Wildman–Crippen MR) is 62.8 cm³/mol. The second kappa shape index (κ2) is 6.88. The Morgan fingerprint density at radius 1 is 1.31 bits per heavy atom. The zero-order chi connectivity index (χ0) is 11.8. The van der Waals surface area contributed by atoms with E-state index in [-0.39, 0.29) is 6.42 Å². The number of ether oxygens (including phenoxy) is 1. The molecule has 1 aromatic carbocycles. The highest BCUT2D eigenvalue weighted by Crippen LogP contribution is 2.13. The van der Waals surface area contributed by atoms with E-state index in [1.54, 1.807) is 0 Å². The zero-order valence-corrected chi connectivity index (χ0v) is 9.61. The first-order valence-corrected chi connectivity index (χ1v) is 5.60. The van der Waals surface area contributed by atoms with Gasteiger partial charge in [0.25, 0.3) is 0 Å². The fraction of sp³-hybridized carbons (Fsp3) is 0.462. The van der Waals surface area contributed by atoms with Crippen molar-refractivity contribution >= 4 is 5.97 Å². The van der Waals surface area contributed by atoms with Crippen LogP contribution in [0.1, 0.15) is 31.2 Å². The summed E-state index contributed by atoms with van der Waals surface area (Å²) < 4.78 is 5.55. The number of aryl methyl sites for hydroxylation is 1. The third-order valence-corrected chi connectivity index (χ3v) is 2.29. The van der Waals surface area contributed by atoms with Gasteiger partial charge in [-0.05, 0) is 43.9 Å². The molecule has 0 spiro atoms. The Morgan fingerprint density at radius 2 is 2.12 bits per heavy atom. The topological polar surface area (TPSA) is 46.5 Å². The molecule has 0 fully saturated rings. The number of hydrogen-bond acceptors (Lipinski definition) is 2. The normalized spacial score (nSPS) is 10.1. The minimum Gasteiger partial charge on any atom is -0.494 e. The molecule has 0 saturated heterocycles. The van der Waals surface area contributed by atoms with Gasteiger partial charge in [-0.25, -0.2) is 0 Å². The second-order valence-corrected chi connectivity index (χ2v) is 3.87. The Hall–Kier alpha value is -1.51. The molecule has 0 heterocycles. The summed E-state index contributed by atoms with van der Waals surface area (Å²) >= 11 is 0. The fourth-order valence-corrected chi connectivity index (χ4v) is 1.45. The van der Waals surface area contributed by atoms with Crippen molar-refractivity contribution in [3.05, 3.63) is 29.8 Å². The molecule has 0 aliphatic carbocycles. The van der Waals surface area contributed by atoms with E-state index in [0.717, 1.165) is 25.0 Å². The van der Waals surface area contributed by atoms with Crippen LogP contribution in [0.4, 0.5) is 0 Å².